The lowest BCUT2D eigenvalue weighted by atomic mass is 10.1. The van der Waals surface area contributed by atoms with Crippen LogP contribution in [0.1, 0.15) is 13.2 Å². The third-order valence-electron chi connectivity index (χ3n) is 6.10. The van der Waals surface area contributed by atoms with Crippen LogP contribution in [0.4, 0.5) is 21.6 Å². The van der Waals surface area contributed by atoms with Crippen molar-refractivity contribution in [3.8, 4) is 5.75 Å². The molecule has 0 saturated carbocycles. The van der Waals surface area contributed by atoms with Crippen molar-refractivity contribution in [1.82, 2.24) is 24.8 Å². The maximum atomic E-state index is 13.0. The van der Waals surface area contributed by atoms with Gasteiger partial charge in [-0.3, -0.25) is 14.2 Å². The van der Waals surface area contributed by atoms with Crippen molar-refractivity contribution in [2.45, 2.75) is 31.5 Å². The maximum Gasteiger partial charge on any atom is 0.262 e. The Labute approximate surface area is 227 Å². The van der Waals surface area contributed by atoms with E-state index in [1.807, 2.05) is 0 Å². The molecule has 1 saturated heterocycles. The van der Waals surface area contributed by atoms with Crippen molar-refractivity contribution in [3.63, 3.8) is 0 Å². The molecule has 208 valence electrons. The van der Waals surface area contributed by atoms with E-state index in [1.165, 1.54) is 41.5 Å². The van der Waals surface area contributed by atoms with E-state index in [4.69, 9.17) is 9.47 Å². The molecule has 4 atom stereocenters. The number of imidazole rings is 1. The van der Waals surface area contributed by atoms with Crippen molar-refractivity contribution in [2.75, 3.05) is 23.8 Å². The molecular formula is C26H26FN7O6. The number of ether oxygens (including phenoxy) is 2. The number of carbonyl (C=O) groups excluding carboxylic acids is 2. The van der Waals surface area contributed by atoms with E-state index in [1.54, 1.807) is 31.2 Å². The smallest absolute Gasteiger partial charge is 0.262 e. The Kier molecular flexibility index (Phi) is 7.82. The number of fused-ring (bicyclic) bond motifs is 1. The number of halogens is 1. The summed E-state index contributed by atoms with van der Waals surface area (Å²) < 4.78 is 25.6. The largest absolute Gasteiger partial charge is 0.484 e. The minimum Gasteiger partial charge on any atom is -0.484 e. The van der Waals surface area contributed by atoms with Gasteiger partial charge in [0.15, 0.2) is 35.9 Å². The molecule has 14 heteroatoms. The average Bonchev–Trinajstić information content (AvgIpc) is 3.51. The fourth-order valence-corrected chi connectivity index (χ4v) is 4.16. The molecule has 1 fully saturated rings. The van der Waals surface area contributed by atoms with Crippen LogP contribution < -0.4 is 20.7 Å². The number of aliphatic hydroxyl groups is 2. The molecular weight excluding hydrogens is 525 g/mol. The SMILES string of the molecule is CCNC(=O)[C@H]1O[C@@H](n2cnc3c(Nc4ccc(OCC(=O)Nc5ccc(F)cc5)cc4)ncnc32)[C@H](O)[C@@H]1O. The van der Waals surface area contributed by atoms with E-state index in [9.17, 15) is 24.2 Å². The topological polar surface area (TPSA) is 173 Å². The quantitative estimate of drug-likeness (QED) is 0.205. The first kappa shape index (κ1) is 26.9. The van der Waals surface area contributed by atoms with Gasteiger partial charge in [-0.2, -0.15) is 0 Å². The van der Waals surface area contributed by atoms with E-state index < -0.39 is 42.2 Å². The van der Waals surface area contributed by atoms with Crippen LogP contribution in [-0.4, -0.2) is 73.0 Å². The number of nitrogens with zero attached hydrogens (tertiary/aromatic N) is 4. The summed E-state index contributed by atoms with van der Waals surface area (Å²) in [6.45, 7) is 1.85. The van der Waals surface area contributed by atoms with E-state index in [-0.39, 0.29) is 6.61 Å². The van der Waals surface area contributed by atoms with Gasteiger partial charge in [0.05, 0.1) is 6.33 Å². The predicted octanol–water partition coefficient (Wildman–Crippen LogP) is 1.48. The summed E-state index contributed by atoms with van der Waals surface area (Å²) in [6.07, 6.45) is -2.46. The van der Waals surface area contributed by atoms with Crippen LogP contribution in [0.2, 0.25) is 0 Å². The van der Waals surface area contributed by atoms with Crippen LogP contribution in [0.3, 0.4) is 0 Å². The van der Waals surface area contributed by atoms with Crippen LogP contribution >= 0.6 is 0 Å². The van der Waals surface area contributed by atoms with Gasteiger partial charge in [0.2, 0.25) is 0 Å². The third-order valence-corrected chi connectivity index (χ3v) is 6.10. The molecule has 13 nitrogen and oxygen atoms in total. The van der Waals surface area contributed by atoms with Gasteiger partial charge in [0.1, 0.15) is 30.1 Å². The van der Waals surface area contributed by atoms with Crippen LogP contribution in [0.25, 0.3) is 11.2 Å². The number of nitrogens with one attached hydrogen (secondary N) is 3. The second kappa shape index (κ2) is 11.6. The number of rotatable bonds is 9. The van der Waals surface area contributed by atoms with Gasteiger partial charge in [-0.05, 0) is 55.5 Å². The normalized spacial score (nSPS) is 20.3. The Morgan fingerprint density at radius 1 is 1.02 bits per heavy atom. The number of carbonyl (C=O) groups is 2. The number of aromatic nitrogens is 4. The fourth-order valence-electron chi connectivity index (χ4n) is 4.16. The summed E-state index contributed by atoms with van der Waals surface area (Å²) in [5, 5.41) is 29.2. The molecule has 5 N–H and O–H groups in total. The van der Waals surface area contributed by atoms with Gasteiger partial charge >= 0.3 is 0 Å². The highest BCUT2D eigenvalue weighted by Crippen LogP contribution is 2.33. The molecule has 2 aromatic carbocycles. The highest BCUT2D eigenvalue weighted by molar-refractivity contribution is 5.91. The lowest BCUT2D eigenvalue weighted by Crippen LogP contribution is -2.42. The molecule has 0 bridgehead atoms. The number of hydrogen-bond donors (Lipinski definition) is 5. The minimum absolute atomic E-state index is 0.237. The first-order valence-electron chi connectivity index (χ1n) is 12.4. The summed E-state index contributed by atoms with van der Waals surface area (Å²) in [7, 11) is 0. The van der Waals surface area contributed by atoms with E-state index >= 15 is 0 Å². The first-order valence-corrected chi connectivity index (χ1v) is 12.4. The second-order valence-electron chi connectivity index (χ2n) is 8.86. The predicted molar refractivity (Wildman–Crippen MR) is 140 cm³/mol. The number of hydrogen-bond acceptors (Lipinski definition) is 10. The van der Waals surface area contributed by atoms with Crippen LogP contribution in [0, 0.1) is 5.82 Å². The second-order valence-corrected chi connectivity index (χ2v) is 8.86. The van der Waals surface area contributed by atoms with Crippen molar-refractivity contribution < 1.29 is 33.7 Å². The van der Waals surface area contributed by atoms with Crippen LogP contribution in [0.5, 0.6) is 5.75 Å². The number of amides is 2. The molecule has 4 aromatic rings. The number of aliphatic hydroxyl groups excluding tert-OH is 2. The molecule has 3 heterocycles. The number of likely N-dealkylation sites (N-methyl/N-ethyl adjacent to an activating group) is 1. The zero-order valence-corrected chi connectivity index (χ0v) is 21.2. The highest BCUT2D eigenvalue weighted by atomic mass is 19.1. The average molecular weight is 552 g/mol. The Hall–Kier alpha value is -4.66. The summed E-state index contributed by atoms with van der Waals surface area (Å²) in [5.74, 6) is -0.506. The van der Waals surface area contributed by atoms with Gasteiger partial charge in [-0.25, -0.2) is 19.3 Å². The van der Waals surface area contributed by atoms with E-state index in [0.29, 0.717) is 40.7 Å². The monoisotopic (exact) mass is 551 g/mol. The number of benzene rings is 2. The molecule has 40 heavy (non-hydrogen) atoms. The van der Waals surface area contributed by atoms with Gasteiger partial charge in [-0.1, -0.05) is 0 Å². The minimum atomic E-state index is -1.43. The molecule has 1 aliphatic heterocycles. The number of anilines is 3. The Balaban J connectivity index is 1.23. The van der Waals surface area contributed by atoms with Crippen LogP contribution in [0.15, 0.2) is 61.2 Å². The van der Waals surface area contributed by atoms with Crippen molar-refractivity contribution >= 4 is 40.2 Å². The molecule has 0 spiro atoms. The molecule has 2 amide bonds. The summed E-state index contributed by atoms with van der Waals surface area (Å²) in [5.41, 5.74) is 1.78. The third kappa shape index (κ3) is 5.68. The van der Waals surface area contributed by atoms with Crippen molar-refractivity contribution in [3.05, 3.63) is 67.0 Å². The van der Waals surface area contributed by atoms with Gasteiger partial charge < -0.3 is 35.6 Å². The lowest BCUT2D eigenvalue weighted by Gasteiger charge is -2.16. The Morgan fingerprint density at radius 3 is 2.48 bits per heavy atom. The Morgan fingerprint density at radius 2 is 1.75 bits per heavy atom. The van der Waals surface area contributed by atoms with Crippen molar-refractivity contribution in [1.29, 1.82) is 0 Å². The summed E-state index contributed by atoms with van der Waals surface area (Å²) in [6, 6.07) is 12.2. The van der Waals surface area contributed by atoms with E-state index in [0.717, 1.165) is 0 Å². The molecule has 0 aliphatic carbocycles. The first-order chi connectivity index (χ1) is 19.3. The zero-order chi connectivity index (χ0) is 28.2. The molecule has 5 rings (SSSR count). The van der Waals surface area contributed by atoms with Crippen LogP contribution in [-0.2, 0) is 14.3 Å². The van der Waals surface area contributed by atoms with Gasteiger partial charge in [-0.15, -0.1) is 0 Å². The Bertz CT molecular complexity index is 1500. The molecule has 0 unspecified atom stereocenters. The maximum absolute atomic E-state index is 13.0. The van der Waals surface area contributed by atoms with E-state index in [2.05, 4.69) is 30.9 Å². The fraction of sp³-hybridized carbons (Fsp3) is 0.269. The molecule has 1 aliphatic rings. The lowest BCUT2D eigenvalue weighted by molar-refractivity contribution is -0.137. The highest BCUT2D eigenvalue weighted by Gasteiger charge is 2.47. The van der Waals surface area contributed by atoms with Gasteiger partial charge in [0.25, 0.3) is 11.8 Å². The molecule has 2 aromatic heterocycles. The summed E-state index contributed by atoms with van der Waals surface area (Å²) >= 11 is 0. The van der Waals surface area contributed by atoms with Gasteiger partial charge in [0, 0.05) is 17.9 Å². The standard InChI is InChI=1S/C26H26FN7O6/c1-2-28-25(38)22-20(36)21(37)26(40-22)34-13-31-19-23(29-12-30-24(19)34)33-16-7-9-17(10-8-16)39-11-18(35)32-15-5-3-14(27)4-6-15/h3-10,12-13,20-22,26,36-37H,2,11H2,1H3,(H,28,38)(H,32,35)(H,29,30,33)/t20-,21+,22-,26+/m0/s1. The summed E-state index contributed by atoms with van der Waals surface area (Å²) in [4.78, 5) is 37.1. The zero-order valence-electron chi connectivity index (χ0n) is 21.2. The van der Waals surface area contributed by atoms with Crippen molar-refractivity contribution in [2.24, 2.45) is 0 Å². The molecule has 0 radical (unpaired) electrons.